The van der Waals surface area contributed by atoms with Crippen molar-refractivity contribution in [3.63, 3.8) is 0 Å². The molecule has 0 amide bonds. The Morgan fingerprint density at radius 1 is 1.00 bits per heavy atom. The summed E-state index contributed by atoms with van der Waals surface area (Å²) in [4.78, 5) is 9.37. The minimum atomic E-state index is -0.266. The van der Waals surface area contributed by atoms with E-state index in [1.165, 1.54) is 12.1 Å². The first-order valence-corrected chi connectivity index (χ1v) is 10.2. The summed E-state index contributed by atoms with van der Waals surface area (Å²) < 4.78 is 26.9. The first kappa shape index (κ1) is 18.8. The lowest BCUT2D eigenvalue weighted by atomic mass is 10.1. The van der Waals surface area contributed by atoms with Crippen LogP contribution in [0.3, 0.4) is 0 Å². The minimum Gasteiger partial charge on any atom is -0.474 e. The number of hydrogen-bond acceptors (Lipinski definition) is 4. The molecular formula is C24H22FN3O2. The summed E-state index contributed by atoms with van der Waals surface area (Å²) in [6, 6.07) is 10.3. The molecule has 1 saturated heterocycles. The zero-order chi connectivity index (χ0) is 20.3. The molecule has 5 rings (SSSR count). The summed E-state index contributed by atoms with van der Waals surface area (Å²) in [7, 11) is 0. The monoisotopic (exact) mass is 403 g/mol. The van der Waals surface area contributed by atoms with Gasteiger partial charge in [0.15, 0.2) is 0 Å². The Morgan fingerprint density at radius 3 is 2.57 bits per heavy atom. The molecule has 1 aliphatic heterocycles. The maximum atomic E-state index is 13.5. The van der Waals surface area contributed by atoms with Crippen molar-refractivity contribution >= 4 is 12.2 Å². The van der Waals surface area contributed by atoms with Crippen LogP contribution in [0.4, 0.5) is 4.39 Å². The zero-order valence-corrected chi connectivity index (χ0v) is 16.5. The fourth-order valence-electron chi connectivity index (χ4n) is 3.76. The van der Waals surface area contributed by atoms with E-state index in [1.54, 1.807) is 18.3 Å². The van der Waals surface area contributed by atoms with Gasteiger partial charge in [-0.25, -0.2) is 14.4 Å². The third-order valence-electron chi connectivity index (χ3n) is 5.30. The van der Waals surface area contributed by atoms with E-state index < -0.39 is 0 Å². The van der Waals surface area contributed by atoms with E-state index in [2.05, 4.69) is 23.2 Å². The number of halogens is 1. The van der Waals surface area contributed by atoms with Crippen LogP contribution >= 0.6 is 0 Å². The molecule has 0 spiro atoms. The van der Waals surface area contributed by atoms with Gasteiger partial charge in [-0.2, -0.15) is 0 Å². The number of benzene rings is 1. The maximum Gasteiger partial charge on any atom is 0.213 e. The molecule has 3 aromatic rings. The normalized spacial score (nSPS) is 16.3. The molecule has 2 aliphatic rings. The lowest BCUT2D eigenvalue weighted by molar-refractivity contribution is 0.0237. The predicted octanol–water partition coefficient (Wildman–Crippen LogP) is 5.06. The molecule has 0 bridgehead atoms. The van der Waals surface area contributed by atoms with E-state index in [1.807, 2.05) is 22.8 Å². The molecule has 0 unspecified atom stereocenters. The smallest absolute Gasteiger partial charge is 0.213 e. The van der Waals surface area contributed by atoms with Crippen molar-refractivity contribution < 1.29 is 13.9 Å². The molecule has 0 N–H and O–H groups in total. The average Bonchev–Trinajstić information content (AvgIpc) is 2.98. The van der Waals surface area contributed by atoms with Gasteiger partial charge in [0.25, 0.3) is 0 Å². The van der Waals surface area contributed by atoms with Crippen molar-refractivity contribution in [1.29, 1.82) is 0 Å². The van der Waals surface area contributed by atoms with Crippen molar-refractivity contribution in [3.8, 4) is 23.0 Å². The van der Waals surface area contributed by atoms with Crippen molar-refractivity contribution in [3.05, 3.63) is 72.0 Å². The van der Waals surface area contributed by atoms with Crippen molar-refractivity contribution in [2.75, 3.05) is 13.2 Å². The summed E-state index contributed by atoms with van der Waals surface area (Å²) in [6.45, 7) is 1.45. The molecule has 1 aliphatic carbocycles. The Kier molecular flexibility index (Phi) is 5.15. The van der Waals surface area contributed by atoms with Crippen LogP contribution in [0.2, 0.25) is 0 Å². The van der Waals surface area contributed by atoms with Gasteiger partial charge in [-0.1, -0.05) is 12.2 Å². The van der Waals surface area contributed by atoms with Crippen molar-refractivity contribution in [2.24, 2.45) is 0 Å². The van der Waals surface area contributed by atoms with E-state index in [-0.39, 0.29) is 11.9 Å². The van der Waals surface area contributed by atoms with Crippen LogP contribution in [0.25, 0.3) is 29.2 Å². The van der Waals surface area contributed by atoms with E-state index in [0.29, 0.717) is 5.88 Å². The number of pyridine rings is 1. The van der Waals surface area contributed by atoms with Crippen molar-refractivity contribution in [1.82, 2.24) is 14.5 Å². The van der Waals surface area contributed by atoms with E-state index in [9.17, 15) is 4.39 Å². The molecule has 6 heteroatoms. The summed E-state index contributed by atoms with van der Waals surface area (Å²) in [5.41, 5.74) is 3.56. The number of rotatable bonds is 4. The summed E-state index contributed by atoms with van der Waals surface area (Å²) in [5, 5.41) is 0. The van der Waals surface area contributed by atoms with Crippen LogP contribution in [0.5, 0.6) is 5.88 Å². The van der Waals surface area contributed by atoms with Crippen LogP contribution in [0.1, 0.15) is 30.7 Å². The van der Waals surface area contributed by atoms with E-state index in [0.717, 1.165) is 60.9 Å². The highest BCUT2D eigenvalue weighted by Gasteiger charge is 2.19. The lowest BCUT2D eigenvalue weighted by Crippen LogP contribution is -2.26. The molecule has 0 radical (unpaired) electrons. The van der Waals surface area contributed by atoms with Crippen LogP contribution in [0, 0.1) is 5.82 Å². The van der Waals surface area contributed by atoms with Gasteiger partial charge in [0, 0.05) is 36.4 Å². The van der Waals surface area contributed by atoms with Crippen LogP contribution in [-0.4, -0.2) is 33.9 Å². The fraction of sp³-hybridized carbons (Fsp3) is 0.250. The topological polar surface area (TPSA) is 49.2 Å². The predicted molar refractivity (Wildman–Crippen MR) is 114 cm³/mol. The minimum absolute atomic E-state index is 0.143. The Balaban J connectivity index is 1.52. The number of hydrogen-bond donors (Lipinski definition) is 0. The Morgan fingerprint density at radius 2 is 1.80 bits per heavy atom. The molecule has 0 saturated carbocycles. The molecular weight excluding hydrogens is 381 g/mol. The zero-order valence-electron chi connectivity index (χ0n) is 16.5. The Hall–Kier alpha value is -3.25. The Labute approximate surface area is 174 Å². The molecule has 3 heterocycles. The van der Waals surface area contributed by atoms with Gasteiger partial charge in [0.2, 0.25) is 5.88 Å². The first-order chi connectivity index (χ1) is 14.8. The quantitative estimate of drug-likeness (QED) is 0.611. The number of nitrogens with zero attached hydrogens (tertiary/aromatic N) is 3. The standard InChI is InChI=1S/C24H22FN3O2/c25-18-7-9-19(10-8-18)28-22-5-3-1-2-4-21(22)27-24(28)17-6-11-23(26-16-17)30-20-12-14-29-15-13-20/h2-11,16,20H,1,12-15H2. The van der Waals surface area contributed by atoms with Crippen LogP contribution in [-0.2, 0) is 4.74 Å². The Bertz CT molecular complexity index is 1080. The van der Waals surface area contributed by atoms with Crippen LogP contribution in [0.15, 0.2) is 54.7 Å². The third-order valence-corrected chi connectivity index (χ3v) is 5.30. The third kappa shape index (κ3) is 3.78. The second-order valence-corrected chi connectivity index (χ2v) is 7.37. The van der Waals surface area contributed by atoms with Gasteiger partial charge in [-0.15, -0.1) is 0 Å². The van der Waals surface area contributed by atoms with Gasteiger partial charge in [0.1, 0.15) is 17.7 Å². The second kappa shape index (κ2) is 8.24. The van der Waals surface area contributed by atoms with Crippen molar-refractivity contribution in [2.45, 2.75) is 25.4 Å². The average molecular weight is 403 g/mol. The summed E-state index contributed by atoms with van der Waals surface area (Å²) in [5.74, 6) is 1.10. The van der Waals surface area contributed by atoms with Gasteiger partial charge >= 0.3 is 0 Å². The fourth-order valence-corrected chi connectivity index (χ4v) is 3.76. The largest absolute Gasteiger partial charge is 0.474 e. The molecule has 5 nitrogen and oxygen atoms in total. The number of aromatic nitrogens is 3. The molecule has 0 atom stereocenters. The summed E-state index contributed by atoms with van der Waals surface area (Å²) in [6.07, 6.45) is 12.8. The molecule has 2 aromatic heterocycles. The maximum absolute atomic E-state index is 13.5. The first-order valence-electron chi connectivity index (χ1n) is 10.2. The van der Waals surface area contributed by atoms with Crippen LogP contribution < -0.4 is 4.74 Å². The highest BCUT2D eigenvalue weighted by atomic mass is 19.1. The number of imidazole rings is 1. The van der Waals surface area contributed by atoms with Gasteiger partial charge in [-0.05, 0) is 48.9 Å². The summed E-state index contributed by atoms with van der Waals surface area (Å²) >= 11 is 0. The lowest BCUT2D eigenvalue weighted by Gasteiger charge is -2.22. The second-order valence-electron chi connectivity index (χ2n) is 7.37. The highest BCUT2D eigenvalue weighted by molar-refractivity contribution is 5.71. The van der Waals surface area contributed by atoms with E-state index in [4.69, 9.17) is 14.5 Å². The highest BCUT2D eigenvalue weighted by Crippen LogP contribution is 2.30. The van der Waals surface area contributed by atoms with Gasteiger partial charge in [0.05, 0.1) is 24.6 Å². The van der Waals surface area contributed by atoms with E-state index >= 15 is 0 Å². The number of allylic oxidation sites excluding steroid dienone is 2. The van der Waals surface area contributed by atoms with Gasteiger partial charge < -0.3 is 9.47 Å². The molecule has 30 heavy (non-hydrogen) atoms. The number of ether oxygens (including phenoxy) is 2. The molecule has 1 aromatic carbocycles. The van der Waals surface area contributed by atoms with Gasteiger partial charge in [-0.3, -0.25) is 4.57 Å². The number of fused-ring (bicyclic) bond motifs is 1. The molecule has 1 fully saturated rings. The molecule has 152 valence electrons. The SMILES string of the molecule is Fc1ccc(-n2c(-c3ccc(OC4CCOCC4)nc3)nc3c2C=CCC=C3)cc1.